The van der Waals surface area contributed by atoms with Crippen molar-refractivity contribution in [3.8, 4) is 12.3 Å². The number of rotatable bonds is 5. The number of quaternary nitrogens is 2. The zero-order valence-electron chi connectivity index (χ0n) is 11.1. The van der Waals surface area contributed by atoms with E-state index in [9.17, 15) is 4.79 Å². The molecule has 0 spiro atoms. The first kappa shape index (κ1) is 14.1. The molecule has 3 N–H and O–H groups in total. The van der Waals surface area contributed by atoms with Gasteiger partial charge in [-0.3, -0.25) is 4.79 Å². The van der Waals surface area contributed by atoms with E-state index < -0.39 is 0 Å². The van der Waals surface area contributed by atoms with E-state index in [4.69, 9.17) is 6.42 Å². The van der Waals surface area contributed by atoms with Gasteiger partial charge in [-0.25, -0.2) is 0 Å². The van der Waals surface area contributed by atoms with Gasteiger partial charge in [0.15, 0.2) is 6.54 Å². The molecule has 0 atom stereocenters. The number of thiophene rings is 1. The Bertz CT molecular complexity index is 430. The maximum atomic E-state index is 11.6. The lowest BCUT2D eigenvalue weighted by molar-refractivity contribution is -1.01. The fourth-order valence-corrected chi connectivity index (χ4v) is 3.19. The van der Waals surface area contributed by atoms with Gasteiger partial charge in [0.25, 0.3) is 5.91 Å². The Labute approximate surface area is 118 Å². The summed E-state index contributed by atoms with van der Waals surface area (Å²) in [6, 6.07) is 4.31. The Hall–Kier alpha value is -1.35. The predicted molar refractivity (Wildman–Crippen MR) is 76.1 cm³/mol. The summed E-state index contributed by atoms with van der Waals surface area (Å²) in [6.45, 7) is 6.39. The normalized spacial score (nSPS) is 22.7. The average Bonchev–Trinajstić information content (AvgIpc) is 2.91. The van der Waals surface area contributed by atoms with E-state index in [0.29, 0.717) is 13.1 Å². The molecule has 0 radical (unpaired) electrons. The van der Waals surface area contributed by atoms with Crippen molar-refractivity contribution < 1.29 is 14.6 Å². The molecular formula is C14H21N3OS+2. The highest BCUT2D eigenvalue weighted by atomic mass is 32.1. The smallest absolute Gasteiger partial charge is 0.275 e. The second-order valence-electron chi connectivity index (χ2n) is 4.91. The van der Waals surface area contributed by atoms with Gasteiger partial charge in [-0.1, -0.05) is 12.0 Å². The first-order chi connectivity index (χ1) is 9.28. The minimum Gasteiger partial charge on any atom is -0.340 e. The third-order valence-electron chi connectivity index (χ3n) is 3.47. The van der Waals surface area contributed by atoms with Gasteiger partial charge >= 0.3 is 0 Å². The fourth-order valence-electron chi connectivity index (χ4n) is 2.41. The van der Waals surface area contributed by atoms with E-state index in [-0.39, 0.29) is 5.91 Å². The fraction of sp³-hybridized carbons (Fsp3) is 0.500. The van der Waals surface area contributed by atoms with Crippen LogP contribution in [0.5, 0.6) is 0 Å². The molecule has 2 heterocycles. The molecule has 1 aliphatic rings. The minimum absolute atomic E-state index is 0.0645. The highest BCUT2D eigenvalue weighted by Gasteiger charge is 2.24. The van der Waals surface area contributed by atoms with E-state index in [0.717, 1.165) is 32.7 Å². The summed E-state index contributed by atoms with van der Waals surface area (Å²) in [5, 5.41) is 4.86. The zero-order chi connectivity index (χ0) is 13.5. The number of hydrogen-bond acceptors (Lipinski definition) is 2. The summed E-state index contributed by atoms with van der Waals surface area (Å²) >= 11 is 1.83. The summed E-state index contributed by atoms with van der Waals surface area (Å²) in [5.41, 5.74) is 0. The van der Waals surface area contributed by atoms with Crippen LogP contribution in [0.2, 0.25) is 0 Å². The molecule has 0 aromatic carbocycles. The standard InChI is InChI=1S/C14H19N3OS/c1-2-5-15-14(18)12-17-8-6-16(7-9-17)11-13-4-3-10-19-13/h1,3-4,10H,5-9,11-12H2,(H,15,18)/p+2. The number of hydrogen-bond donors (Lipinski definition) is 3. The molecular weight excluding hydrogens is 258 g/mol. The summed E-state index contributed by atoms with van der Waals surface area (Å²) in [6.07, 6.45) is 5.12. The van der Waals surface area contributed by atoms with Gasteiger partial charge in [0.2, 0.25) is 0 Å². The van der Waals surface area contributed by atoms with Crippen molar-refractivity contribution in [1.82, 2.24) is 5.32 Å². The molecule has 0 aliphatic carbocycles. The van der Waals surface area contributed by atoms with Crippen molar-refractivity contribution in [2.24, 2.45) is 0 Å². The molecule has 1 fully saturated rings. The molecule has 1 aromatic heterocycles. The number of piperazine rings is 1. The number of amides is 1. The van der Waals surface area contributed by atoms with Gasteiger partial charge in [-0.15, -0.1) is 17.8 Å². The van der Waals surface area contributed by atoms with E-state index in [1.54, 1.807) is 4.90 Å². The van der Waals surface area contributed by atoms with Crippen LogP contribution >= 0.6 is 11.3 Å². The maximum Gasteiger partial charge on any atom is 0.275 e. The lowest BCUT2D eigenvalue weighted by Crippen LogP contribution is -3.28. The third kappa shape index (κ3) is 4.67. The molecule has 0 bridgehead atoms. The molecule has 1 aliphatic heterocycles. The second-order valence-corrected chi connectivity index (χ2v) is 5.95. The topological polar surface area (TPSA) is 38.0 Å². The second kappa shape index (κ2) is 7.29. The highest BCUT2D eigenvalue weighted by molar-refractivity contribution is 7.09. The van der Waals surface area contributed by atoms with Gasteiger partial charge in [-0.05, 0) is 11.4 Å². The van der Waals surface area contributed by atoms with Crippen LogP contribution in [-0.2, 0) is 11.3 Å². The predicted octanol–water partition coefficient (Wildman–Crippen LogP) is -2.22. The largest absolute Gasteiger partial charge is 0.340 e. The van der Waals surface area contributed by atoms with Crippen molar-refractivity contribution in [3.05, 3.63) is 22.4 Å². The van der Waals surface area contributed by atoms with Crippen LogP contribution in [0.1, 0.15) is 4.88 Å². The Morgan fingerprint density at radius 3 is 2.74 bits per heavy atom. The van der Waals surface area contributed by atoms with Crippen LogP contribution in [-0.4, -0.2) is 45.2 Å². The van der Waals surface area contributed by atoms with Crippen LogP contribution in [0.25, 0.3) is 0 Å². The van der Waals surface area contributed by atoms with Crippen molar-refractivity contribution >= 4 is 17.2 Å². The SMILES string of the molecule is C#CCNC(=O)C[NH+]1CC[NH+](Cc2cccs2)CC1. The molecule has 2 rings (SSSR count). The Balaban J connectivity index is 1.68. The van der Waals surface area contributed by atoms with Crippen LogP contribution in [0.4, 0.5) is 0 Å². The Morgan fingerprint density at radius 2 is 2.11 bits per heavy atom. The summed E-state index contributed by atoms with van der Waals surface area (Å²) in [4.78, 5) is 16.0. The Kier molecular flexibility index (Phi) is 5.40. The first-order valence-electron chi connectivity index (χ1n) is 6.67. The van der Waals surface area contributed by atoms with Crippen LogP contribution in [0, 0.1) is 12.3 Å². The van der Waals surface area contributed by atoms with Crippen molar-refractivity contribution in [1.29, 1.82) is 0 Å². The summed E-state index contributed by atoms with van der Waals surface area (Å²) in [7, 11) is 0. The van der Waals surface area contributed by atoms with Crippen molar-refractivity contribution in [2.45, 2.75) is 6.54 Å². The number of carbonyl (C=O) groups excluding carboxylic acids is 1. The molecule has 4 nitrogen and oxygen atoms in total. The first-order valence-corrected chi connectivity index (χ1v) is 7.55. The molecule has 102 valence electrons. The summed E-state index contributed by atoms with van der Waals surface area (Å²) < 4.78 is 0. The molecule has 19 heavy (non-hydrogen) atoms. The lowest BCUT2D eigenvalue weighted by atomic mass is 10.3. The number of terminal acetylenes is 1. The molecule has 0 saturated carbocycles. The summed E-state index contributed by atoms with van der Waals surface area (Å²) in [5.74, 6) is 2.49. The van der Waals surface area contributed by atoms with E-state index in [2.05, 4.69) is 28.8 Å². The van der Waals surface area contributed by atoms with E-state index in [1.807, 2.05) is 11.3 Å². The maximum absolute atomic E-state index is 11.6. The van der Waals surface area contributed by atoms with Crippen molar-refractivity contribution in [2.75, 3.05) is 39.3 Å². The average molecular weight is 279 g/mol. The number of carbonyl (C=O) groups is 1. The molecule has 1 amide bonds. The van der Waals surface area contributed by atoms with Gasteiger partial charge in [0, 0.05) is 0 Å². The lowest BCUT2D eigenvalue weighted by Gasteiger charge is -2.29. The monoisotopic (exact) mass is 279 g/mol. The number of nitrogens with one attached hydrogen (secondary N) is 3. The van der Waals surface area contributed by atoms with Crippen LogP contribution in [0.3, 0.4) is 0 Å². The van der Waals surface area contributed by atoms with Gasteiger partial charge in [-0.2, -0.15) is 0 Å². The zero-order valence-corrected chi connectivity index (χ0v) is 11.9. The van der Waals surface area contributed by atoms with Crippen LogP contribution < -0.4 is 15.1 Å². The van der Waals surface area contributed by atoms with Gasteiger partial charge < -0.3 is 15.1 Å². The Morgan fingerprint density at radius 1 is 1.37 bits per heavy atom. The van der Waals surface area contributed by atoms with Crippen LogP contribution in [0.15, 0.2) is 17.5 Å². The molecule has 0 unspecified atom stereocenters. The van der Waals surface area contributed by atoms with Gasteiger partial charge in [0.05, 0.1) is 11.4 Å². The quantitative estimate of drug-likeness (QED) is 0.525. The molecule has 1 saturated heterocycles. The minimum atomic E-state index is 0.0645. The van der Waals surface area contributed by atoms with Gasteiger partial charge in [0.1, 0.15) is 32.7 Å². The highest BCUT2D eigenvalue weighted by Crippen LogP contribution is 2.05. The van der Waals surface area contributed by atoms with E-state index >= 15 is 0 Å². The van der Waals surface area contributed by atoms with E-state index in [1.165, 1.54) is 9.78 Å². The molecule has 1 aromatic rings. The third-order valence-corrected chi connectivity index (χ3v) is 4.34. The molecule has 5 heteroatoms. The van der Waals surface area contributed by atoms with Crippen molar-refractivity contribution in [3.63, 3.8) is 0 Å².